The topological polar surface area (TPSA) is 0 Å². The second kappa shape index (κ2) is 2.08. The minimum atomic E-state index is -1.09. The Hall–Kier alpha value is -0.823. The first-order chi connectivity index (χ1) is 5.17. The third-order valence-corrected chi connectivity index (χ3v) is 4.16. The highest BCUT2D eigenvalue weighted by molar-refractivity contribution is 7.01. The molecule has 0 unspecified atom stereocenters. The van der Waals surface area contributed by atoms with E-state index in [2.05, 4.69) is 48.8 Å². The molecule has 0 fully saturated rings. The molecule has 0 atom stereocenters. The van der Waals surface area contributed by atoms with Crippen LogP contribution in [0.5, 0.6) is 0 Å². The molecule has 0 spiro atoms. The highest BCUT2D eigenvalue weighted by Crippen LogP contribution is 2.07. The summed E-state index contributed by atoms with van der Waals surface area (Å²) in [6.45, 7) is 4.74. The van der Waals surface area contributed by atoms with Crippen molar-refractivity contribution in [2.24, 2.45) is 0 Å². The molecule has 0 aromatic heterocycles. The van der Waals surface area contributed by atoms with E-state index in [1.54, 1.807) is 0 Å². The zero-order chi connectivity index (χ0) is 7.90. The molecule has 1 aromatic rings. The Morgan fingerprint density at radius 1 is 0.909 bits per heavy atom. The zero-order valence-electron chi connectivity index (χ0n) is 6.96. The molecular weight excluding hydrogens is 148 g/mol. The second-order valence-corrected chi connectivity index (χ2v) is 7.96. The van der Waals surface area contributed by atoms with E-state index in [4.69, 9.17) is 0 Å². The van der Waals surface area contributed by atoms with Crippen molar-refractivity contribution in [1.82, 2.24) is 0 Å². The number of rotatable bonds is 0. The summed E-state index contributed by atoms with van der Waals surface area (Å²) in [6.07, 6.45) is 0. The minimum Gasteiger partial charge on any atom is -0.0830 e. The molecule has 0 saturated carbocycles. The minimum absolute atomic E-state index is 1.09. The number of hydrogen-bond acceptors (Lipinski definition) is 0. The highest BCUT2D eigenvalue weighted by Gasteiger charge is 2.16. The van der Waals surface area contributed by atoms with Crippen LogP contribution < -0.4 is 10.4 Å². The molecule has 2 rings (SSSR count). The van der Waals surface area contributed by atoms with E-state index in [1.807, 2.05) is 0 Å². The van der Waals surface area contributed by atoms with Gasteiger partial charge in [0.05, 0.1) is 8.07 Å². The number of benzene rings is 1. The predicted octanol–water partition coefficient (Wildman–Crippen LogP) is 1.05. The molecule has 0 nitrogen and oxygen atoms in total. The van der Waals surface area contributed by atoms with Gasteiger partial charge in [0.1, 0.15) is 0 Å². The van der Waals surface area contributed by atoms with E-state index in [-0.39, 0.29) is 0 Å². The molecule has 56 valence electrons. The van der Waals surface area contributed by atoms with Crippen LogP contribution in [0.4, 0.5) is 0 Å². The standard InChI is InChI=1S/C10H12Si/c1-11(2)7-9-5-3-4-6-10(9)8-11/h3-8H,1-2H3. The van der Waals surface area contributed by atoms with Crippen molar-refractivity contribution in [2.75, 3.05) is 0 Å². The second-order valence-electron chi connectivity index (χ2n) is 3.74. The summed E-state index contributed by atoms with van der Waals surface area (Å²) >= 11 is 0. The molecule has 0 N–H and O–H groups in total. The molecular formula is C10H12Si. The maximum atomic E-state index is 2.45. The van der Waals surface area contributed by atoms with Crippen LogP contribution in [0.25, 0.3) is 11.4 Å². The molecule has 0 bridgehead atoms. The molecule has 0 amide bonds. The van der Waals surface area contributed by atoms with Gasteiger partial charge in [-0.25, -0.2) is 0 Å². The van der Waals surface area contributed by atoms with Crippen molar-refractivity contribution in [1.29, 1.82) is 0 Å². The average Bonchev–Trinajstić information content (AvgIpc) is 2.21. The SMILES string of the molecule is C[Si]1(C)C=c2ccccc2=C1. The zero-order valence-corrected chi connectivity index (χ0v) is 7.96. The van der Waals surface area contributed by atoms with E-state index in [1.165, 1.54) is 10.4 Å². The van der Waals surface area contributed by atoms with Crippen LogP contribution in [0.2, 0.25) is 13.1 Å². The van der Waals surface area contributed by atoms with Crippen molar-refractivity contribution < 1.29 is 0 Å². The van der Waals surface area contributed by atoms with Gasteiger partial charge in [0.25, 0.3) is 0 Å². The van der Waals surface area contributed by atoms with Gasteiger partial charge >= 0.3 is 0 Å². The molecule has 0 saturated heterocycles. The first-order valence-electron chi connectivity index (χ1n) is 3.98. The largest absolute Gasteiger partial charge is 0.0968 e. The normalized spacial score (nSPS) is 18.4. The molecule has 1 aromatic carbocycles. The van der Waals surface area contributed by atoms with Gasteiger partial charge in [-0.05, 0) is 10.4 Å². The van der Waals surface area contributed by atoms with Crippen LogP contribution in [0, 0.1) is 0 Å². The fraction of sp³-hybridized carbons (Fsp3) is 0.200. The van der Waals surface area contributed by atoms with Crippen LogP contribution in [-0.4, -0.2) is 8.07 Å². The molecule has 1 aliphatic heterocycles. The van der Waals surface area contributed by atoms with E-state index < -0.39 is 8.07 Å². The Bertz CT molecular complexity index is 351. The molecule has 1 heterocycles. The van der Waals surface area contributed by atoms with Gasteiger partial charge in [-0.15, -0.1) is 0 Å². The Morgan fingerprint density at radius 3 is 1.82 bits per heavy atom. The first-order valence-corrected chi connectivity index (χ1v) is 7.14. The van der Waals surface area contributed by atoms with Crippen LogP contribution in [0.1, 0.15) is 0 Å². The first kappa shape index (κ1) is 6.86. The summed E-state index contributed by atoms with van der Waals surface area (Å²) in [5.74, 6) is 0. The lowest BCUT2D eigenvalue weighted by atomic mass is 10.3. The number of hydrogen-bond donors (Lipinski definition) is 0. The van der Waals surface area contributed by atoms with Gasteiger partial charge in [-0.2, -0.15) is 0 Å². The van der Waals surface area contributed by atoms with Crippen molar-refractivity contribution in [3.05, 3.63) is 34.7 Å². The van der Waals surface area contributed by atoms with E-state index >= 15 is 0 Å². The summed E-state index contributed by atoms with van der Waals surface area (Å²) in [4.78, 5) is 0. The van der Waals surface area contributed by atoms with E-state index in [0.717, 1.165) is 0 Å². The van der Waals surface area contributed by atoms with Gasteiger partial charge in [0, 0.05) is 0 Å². The van der Waals surface area contributed by atoms with Crippen LogP contribution in [-0.2, 0) is 0 Å². The highest BCUT2D eigenvalue weighted by atomic mass is 28.3. The summed E-state index contributed by atoms with van der Waals surface area (Å²) in [7, 11) is -1.09. The predicted molar refractivity (Wildman–Crippen MR) is 52.1 cm³/mol. The van der Waals surface area contributed by atoms with Crippen LogP contribution in [0.15, 0.2) is 24.3 Å². The Balaban J connectivity index is 2.81. The summed E-state index contributed by atoms with van der Waals surface area (Å²) in [5.41, 5.74) is 4.89. The molecule has 11 heavy (non-hydrogen) atoms. The Morgan fingerprint density at radius 2 is 1.36 bits per heavy atom. The van der Waals surface area contributed by atoms with Crippen molar-refractivity contribution in [2.45, 2.75) is 13.1 Å². The lowest BCUT2D eigenvalue weighted by Gasteiger charge is -2.05. The summed E-state index contributed by atoms with van der Waals surface area (Å²) in [6, 6.07) is 8.62. The van der Waals surface area contributed by atoms with Crippen LogP contribution >= 0.6 is 0 Å². The average molecular weight is 160 g/mol. The summed E-state index contributed by atoms with van der Waals surface area (Å²) < 4.78 is 0. The molecule has 1 aliphatic rings. The van der Waals surface area contributed by atoms with Gasteiger partial charge in [-0.1, -0.05) is 48.8 Å². The molecule has 0 radical (unpaired) electrons. The van der Waals surface area contributed by atoms with E-state index in [0.29, 0.717) is 0 Å². The smallest absolute Gasteiger partial charge is 0.0830 e. The fourth-order valence-corrected chi connectivity index (χ4v) is 3.83. The van der Waals surface area contributed by atoms with Gasteiger partial charge in [0.15, 0.2) is 0 Å². The lowest BCUT2D eigenvalue weighted by molar-refractivity contribution is 1.55. The third-order valence-electron chi connectivity index (χ3n) is 2.05. The fourth-order valence-electron chi connectivity index (χ4n) is 1.62. The van der Waals surface area contributed by atoms with Gasteiger partial charge < -0.3 is 0 Å². The Kier molecular flexibility index (Phi) is 1.30. The lowest BCUT2D eigenvalue weighted by Crippen LogP contribution is -2.19. The van der Waals surface area contributed by atoms with E-state index in [9.17, 15) is 0 Å². The maximum absolute atomic E-state index is 2.45. The molecule has 1 heteroatoms. The van der Waals surface area contributed by atoms with Crippen molar-refractivity contribution >= 4 is 19.5 Å². The maximum Gasteiger partial charge on any atom is 0.0968 e. The monoisotopic (exact) mass is 160 g/mol. The van der Waals surface area contributed by atoms with Crippen LogP contribution in [0.3, 0.4) is 0 Å². The number of fused-ring (bicyclic) bond motifs is 1. The third kappa shape index (κ3) is 1.16. The van der Waals surface area contributed by atoms with Gasteiger partial charge in [0.2, 0.25) is 0 Å². The quantitative estimate of drug-likeness (QED) is 0.498. The van der Waals surface area contributed by atoms with Crippen molar-refractivity contribution in [3.63, 3.8) is 0 Å². The summed E-state index contributed by atoms with van der Waals surface area (Å²) in [5, 5.41) is 2.87. The van der Waals surface area contributed by atoms with Crippen molar-refractivity contribution in [3.8, 4) is 0 Å². The van der Waals surface area contributed by atoms with Gasteiger partial charge in [-0.3, -0.25) is 0 Å². The molecule has 0 aliphatic carbocycles. The Labute approximate surface area is 67.9 Å².